The summed E-state index contributed by atoms with van der Waals surface area (Å²) in [5, 5.41) is 10.6. The van der Waals surface area contributed by atoms with Gasteiger partial charge < -0.3 is 28.9 Å². The highest BCUT2D eigenvalue weighted by Crippen LogP contribution is 2.53. The third-order valence-corrected chi connectivity index (χ3v) is 10.8. The lowest BCUT2D eigenvalue weighted by Crippen LogP contribution is -2.57. The van der Waals surface area contributed by atoms with Gasteiger partial charge >= 0.3 is 6.09 Å². The van der Waals surface area contributed by atoms with Crippen LogP contribution in [0.15, 0.2) is 16.6 Å². The Morgan fingerprint density at radius 2 is 1.89 bits per heavy atom. The van der Waals surface area contributed by atoms with Crippen LogP contribution in [0.3, 0.4) is 0 Å². The largest absolute Gasteiger partial charge is 0.444 e. The van der Waals surface area contributed by atoms with Gasteiger partial charge in [-0.3, -0.25) is 4.79 Å². The molecule has 1 saturated carbocycles. The fourth-order valence-electron chi connectivity index (χ4n) is 6.84. The van der Waals surface area contributed by atoms with Crippen molar-refractivity contribution in [1.29, 1.82) is 5.26 Å². The summed E-state index contributed by atoms with van der Waals surface area (Å²) in [5.41, 5.74) is 2.43. The monoisotopic (exact) mass is 710 g/mol. The molecule has 2 aromatic heterocycles. The summed E-state index contributed by atoms with van der Waals surface area (Å²) in [6.45, 7) is 7.84. The van der Waals surface area contributed by atoms with Gasteiger partial charge in [-0.1, -0.05) is 11.6 Å². The maximum Gasteiger partial charge on any atom is 0.410 e. The minimum atomic E-state index is -0.601. The molecule has 2 amide bonds. The molecule has 2 bridgehead atoms. The first-order valence-electron chi connectivity index (χ1n) is 15.6. The van der Waals surface area contributed by atoms with Gasteiger partial charge in [0.1, 0.15) is 16.9 Å². The van der Waals surface area contributed by atoms with E-state index in [-0.39, 0.29) is 30.0 Å². The van der Waals surface area contributed by atoms with E-state index in [2.05, 4.69) is 50.5 Å². The number of carbonyl (C=O) groups excluding carboxylic acids is 2. The zero-order valence-corrected chi connectivity index (χ0v) is 29.7. The highest BCUT2D eigenvalue weighted by Gasteiger charge is 2.56. The van der Waals surface area contributed by atoms with E-state index in [1.807, 2.05) is 31.7 Å². The van der Waals surface area contributed by atoms with Gasteiger partial charge in [-0.2, -0.15) is 5.26 Å². The molecule has 4 fully saturated rings. The fourth-order valence-corrected chi connectivity index (χ4v) is 7.58. The molecule has 0 N–H and O–H groups in total. The van der Waals surface area contributed by atoms with Crippen molar-refractivity contribution >= 4 is 73.4 Å². The first-order chi connectivity index (χ1) is 21.7. The summed E-state index contributed by atoms with van der Waals surface area (Å²) in [6.07, 6.45) is 4.39. The van der Waals surface area contributed by atoms with Crippen molar-refractivity contribution in [2.75, 3.05) is 52.7 Å². The summed E-state index contributed by atoms with van der Waals surface area (Å²) in [4.78, 5) is 44.5. The van der Waals surface area contributed by atoms with Crippen LogP contribution in [0.1, 0.15) is 51.0 Å². The predicted octanol–water partition coefficient (Wildman–Crippen LogP) is 5.49. The van der Waals surface area contributed by atoms with Gasteiger partial charge in [-0.25, -0.2) is 14.8 Å². The second kappa shape index (κ2) is 12.0. The molecule has 0 spiro atoms. The number of benzene rings is 1. The Morgan fingerprint density at radius 1 is 1.17 bits per heavy atom. The van der Waals surface area contributed by atoms with Gasteiger partial charge in [-0.05, 0) is 74.9 Å². The van der Waals surface area contributed by atoms with Crippen LogP contribution >= 0.6 is 27.5 Å². The van der Waals surface area contributed by atoms with E-state index < -0.39 is 5.60 Å². The molecule has 244 valence electrons. The number of hydrogen-bond donors (Lipinski definition) is 0. The van der Waals surface area contributed by atoms with Gasteiger partial charge in [-0.15, -0.1) is 0 Å². The second-order valence-electron chi connectivity index (χ2n) is 14.0. The summed E-state index contributed by atoms with van der Waals surface area (Å²) in [5.74, 6) is 1.79. The molecule has 3 unspecified atom stereocenters. The molecule has 3 saturated heterocycles. The molecule has 3 aromatic rings. The number of imidazole rings is 1. The first-order valence-corrected chi connectivity index (χ1v) is 16.8. The van der Waals surface area contributed by atoms with E-state index in [0.29, 0.717) is 46.0 Å². The van der Waals surface area contributed by atoms with E-state index in [1.165, 1.54) is 6.08 Å². The Balaban J connectivity index is 1.57. The molecule has 1 aromatic carbocycles. The topological polar surface area (TPSA) is 111 Å². The number of pyridine rings is 1. The average molecular weight is 712 g/mol. The summed E-state index contributed by atoms with van der Waals surface area (Å²) in [6, 6.07) is 4.30. The van der Waals surface area contributed by atoms with E-state index in [0.717, 1.165) is 47.6 Å². The molecule has 13 heteroatoms. The molecule has 0 radical (unpaired) electrons. The lowest BCUT2D eigenvalue weighted by Gasteiger charge is -2.43. The number of halogens is 2. The Labute approximate surface area is 282 Å². The number of anilines is 1. The van der Waals surface area contributed by atoms with Crippen LogP contribution in [-0.2, 0) is 16.0 Å². The minimum absolute atomic E-state index is 0.0174. The smallest absolute Gasteiger partial charge is 0.410 e. The number of aromatic nitrogens is 3. The lowest BCUT2D eigenvalue weighted by molar-refractivity contribution is -0.128. The van der Waals surface area contributed by atoms with Crippen molar-refractivity contribution in [3.8, 4) is 6.07 Å². The van der Waals surface area contributed by atoms with Gasteiger partial charge in [0.2, 0.25) is 5.91 Å². The van der Waals surface area contributed by atoms with Crippen molar-refractivity contribution < 1.29 is 14.3 Å². The van der Waals surface area contributed by atoms with E-state index in [9.17, 15) is 14.9 Å². The van der Waals surface area contributed by atoms with Crippen LogP contribution in [0.5, 0.6) is 0 Å². The number of hydrogen-bond acceptors (Lipinski definition) is 8. The Morgan fingerprint density at radius 3 is 2.52 bits per heavy atom. The van der Waals surface area contributed by atoms with Crippen molar-refractivity contribution in [3.63, 3.8) is 0 Å². The molecular weight excluding hydrogens is 672 g/mol. The van der Waals surface area contributed by atoms with Crippen LogP contribution in [0, 0.1) is 17.2 Å². The van der Waals surface area contributed by atoms with Gasteiger partial charge in [0.05, 0.1) is 38.7 Å². The Kier molecular flexibility index (Phi) is 8.49. The van der Waals surface area contributed by atoms with Crippen LogP contribution in [-0.4, -0.2) is 107 Å². The number of fused-ring (bicyclic) bond motifs is 4. The highest BCUT2D eigenvalue weighted by molar-refractivity contribution is 9.10. The second-order valence-corrected chi connectivity index (χ2v) is 15.2. The molecular formula is C33H40BrClN8O3. The number of likely N-dealkylation sites (N-methyl/N-ethyl adjacent to an activating group) is 1. The number of carbonyl (C=O) groups is 2. The summed E-state index contributed by atoms with van der Waals surface area (Å²) >= 11 is 10.6. The predicted molar refractivity (Wildman–Crippen MR) is 183 cm³/mol. The summed E-state index contributed by atoms with van der Waals surface area (Å²) in [7, 11) is 7.67. The average Bonchev–Trinajstić information content (AvgIpc) is 3.64. The Bertz CT molecular complexity index is 1800. The number of ether oxygens (including phenoxy) is 1. The Hall–Kier alpha value is -3.40. The van der Waals surface area contributed by atoms with E-state index in [4.69, 9.17) is 26.3 Å². The zero-order valence-electron chi connectivity index (χ0n) is 27.3. The van der Waals surface area contributed by atoms with Crippen LogP contribution < -0.4 is 4.90 Å². The standard InChI is InChI=1S/C33H40BrClN8O3/c1-33(2,3)46-32(45)42-15-19-14-22(42)29(19)43-23(10-11-24(44)40(6)7)37-28-30(43)21-13-18(9-8-12-36)26(35)25(34)27(21)38-31(28)41-16-20(17-41)39(4)5/h8-9,13,19-20,22,29H,10-11,14-17H2,1-7H3. The molecule has 11 nitrogen and oxygen atoms in total. The first kappa shape index (κ1) is 32.5. The molecule has 4 aliphatic rings. The van der Waals surface area contributed by atoms with Crippen LogP contribution in [0.25, 0.3) is 28.0 Å². The van der Waals surface area contributed by atoms with Crippen molar-refractivity contribution in [2.24, 2.45) is 5.92 Å². The molecule has 3 aliphatic heterocycles. The molecule has 46 heavy (non-hydrogen) atoms. The van der Waals surface area contributed by atoms with Crippen LogP contribution in [0.4, 0.5) is 10.6 Å². The number of allylic oxidation sites excluding steroid dienone is 1. The SMILES string of the molecule is CN(C)C(=O)CCc1nc2c(N3CC(N(C)C)C3)nc3c(Br)c(Cl)c(C=CC#N)cc3c2n1C1C2CC1N(C(=O)OC(C)(C)C)C2. The lowest BCUT2D eigenvalue weighted by atomic mass is 9.79. The van der Waals surface area contributed by atoms with Crippen LogP contribution in [0.2, 0.25) is 5.02 Å². The van der Waals surface area contributed by atoms with Crippen molar-refractivity contribution in [2.45, 2.75) is 63.8 Å². The third-order valence-electron chi connectivity index (χ3n) is 9.35. The minimum Gasteiger partial charge on any atom is -0.444 e. The zero-order chi connectivity index (χ0) is 33.2. The highest BCUT2D eigenvalue weighted by atomic mass is 79.9. The normalized spacial score (nSPS) is 21.3. The number of nitriles is 1. The number of amides is 2. The van der Waals surface area contributed by atoms with Crippen molar-refractivity contribution in [3.05, 3.63) is 33.0 Å². The molecule has 5 heterocycles. The molecule has 3 atom stereocenters. The van der Waals surface area contributed by atoms with E-state index >= 15 is 0 Å². The number of nitrogens with zero attached hydrogens (tertiary/aromatic N) is 8. The number of aryl methyl sites for hydroxylation is 1. The van der Waals surface area contributed by atoms with E-state index in [1.54, 1.807) is 25.1 Å². The van der Waals surface area contributed by atoms with Gasteiger partial charge in [0, 0.05) is 70.0 Å². The molecule has 7 rings (SSSR count). The third kappa shape index (κ3) is 5.60. The maximum atomic E-state index is 13.3. The van der Waals surface area contributed by atoms with Crippen molar-refractivity contribution in [1.82, 2.24) is 29.2 Å². The quantitative estimate of drug-likeness (QED) is 0.296. The summed E-state index contributed by atoms with van der Waals surface area (Å²) < 4.78 is 8.71. The van der Waals surface area contributed by atoms with Gasteiger partial charge in [0.25, 0.3) is 0 Å². The fraction of sp³-hybridized carbons (Fsp3) is 0.545. The number of rotatable bonds is 7. The maximum absolute atomic E-state index is 13.3. The van der Waals surface area contributed by atoms with Gasteiger partial charge in [0.15, 0.2) is 5.82 Å². The molecule has 1 aliphatic carbocycles.